The van der Waals surface area contributed by atoms with E-state index in [1.165, 1.54) is 0 Å². The Labute approximate surface area is 82.8 Å². The summed E-state index contributed by atoms with van der Waals surface area (Å²) in [6.07, 6.45) is -2.49. The Morgan fingerprint density at radius 1 is 1.46 bits per heavy atom. The SMILES string of the molecule is Nc1cccc(Br)c1OCC(F)F. The zero-order valence-corrected chi connectivity index (χ0v) is 8.22. The minimum Gasteiger partial charge on any atom is -0.484 e. The molecule has 1 aromatic carbocycles. The second kappa shape index (κ2) is 4.41. The molecule has 0 unspecified atom stereocenters. The average molecular weight is 252 g/mol. The van der Waals surface area contributed by atoms with E-state index in [4.69, 9.17) is 10.5 Å². The normalized spacial score (nSPS) is 10.5. The lowest BCUT2D eigenvalue weighted by molar-refractivity contribution is 0.0819. The van der Waals surface area contributed by atoms with Gasteiger partial charge in [0.25, 0.3) is 6.43 Å². The molecule has 0 saturated heterocycles. The first-order valence-corrected chi connectivity index (χ1v) is 4.35. The van der Waals surface area contributed by atoms with Crippen LogP contribution >= 0.6 is 15.9 Å². The molecule has 0 aromatic heterocycles. The van der Waals surface area contributed by atoms with Crippen LogP contribution < -0.4 is 10.5 Å². The summed E-state index contributed by atoms with van der Waals surface area (Å²) in [6.45, 7) is -0.646. The highest BCUT2D eigenvalue weighted by Gasteiger charge is 2.08. The van der Waals surface area contributed by atoms with Crippen LogP contribution in [0.5, 0.6) is 5.75 Å². The maximum atomic E-state index is 11.8. The number of anilines is 1. The van der Waals surface area contributed by atoms with Gasteiger partial charge < -0.3 is 10.5 Å². The molecule has 5 heteroatoms. The molecule has 0 heterocycles. The number of rotatable bonds is 3. The van der Waals surface area contributed by atoms with Crippen LogP contribution in [-0.4, -0.2) is 13.0 Å². The summed E-state index contributed by atoms with van der Waals surface area (Å²) in [6, 6.07) is 4.97. The number of nitrogens with two attached hydrogens (primary N) is 1. The molecule has 2 N–H and O–H groups in total. The van der Waals surface area contributed by atoms with Gasteiger partial charge in [0, 0.05) is 0 Å². The molecule has 0 atom stereocenters. The Bertz CT molecular complexity index is 273. The van der Waals surface area contributed by atoms with E-state index in [0.717, 1.165) is 0 Å². The van der Waals surface area contributed by atoms with Gasteiger partial charge in [-0.05, 0) is 28.1 Å². The van der Waals surface area contributed by atoms with Crippen LogP contribution in [0.4, 0.5) is 14.5 Å². The molecule has 0 aliphatic heterocycles. The van der Waals surface area contributed by atoms with E-state index < -0.39 is 13.0 Å². The lowest BCUT2D eigenvalue weighted by Crippen LogP contribution is -2.08. The van der Waals surface area contributed by atoms with E-state index in [9.17, 15) is 8.78 Å². The topological polar surface area (TPSA) is 35.2 Å². The van der Waals surface area contributed by atoms with Crippen LogP contribution in [0.3, 0.4) is 0 Å². The minimum atomic E-state index is -2.49. The highest BCUT2D eigenvalue weighted by molar-refractivity contribution is 9.10. The fourth-order valence-corrected chi connectivity index (χ4v) is 1.32. The van der Waals surface area contributed by atoms with Crippen molar-refractivity contribution in [2.24, 2.45) is 0 Å². The van der Waals surface area contributed by atoms with Gasteiger partial charge in [0.15, 0.2) is 5.75 Å². The van der Waals surface area contributed by atoms with Crippen molar-refractivity contribution in [2.75, 3.05) is 12.3 Å². The van der Waals surface area contributed by atoms with Crippen molar-refractivity contribution in [1.82, 2.24) is 0 Å². The first-order chi connectivity index (χ1) is 6.11. The van der Waals surface area contributed by atoms with E-state index in [1.54, 1.807) is 18.2 Å². The summed E-state index contributed by atoms with van der Waals surface area (Å²) in [5.41, 5.74) is 5.85. The van der Waals surface area contributed by atoms with Crippen molar-refractivity contribution in [1.29, 1.82) is 0 Å². The fourth-order valence-electron chi connectivity index (χ4n) is 0.824. The summed E-state index contributed by atoms with van der Waals surface area (Å²) in [7, 11) is 0. The fraction of sp³-hybridized carbons (Fsp3) is 0.250. The van der Waals surface area contributed by atoms with E-state index in [2.05, 4.69) is 15.9 Å². The second-order valence-electron chi connectivity index (χ2n) is 2.36. The van der Waals surface area contributed by atoms with Gasteiger partial charge in [0.1, 0.15) is 6.61 Å². The van der Waals surface area contributed by atoms with Crippen LogP contribution in [-0.2, 0) is 0 Å². The highest BCUT2D eigenvalue weighted by Crippen LogP contribution is 2.30. The Balaban J connectivity index is 2.75. The molecule has 0 amide bonds. The number of nitrogen functional groups attached to an aromatic ring is 1. The molecule has 2 nitrogen and oxygen atoms in total. The molecule has 1 aromatic rings. The van der Waals surface area contributed by atoms with Crippen LogP contribution in [0.2, 0.25) is 0 Å². The van der Waals surface area contributed by atoms with Gasteiger partial charge in [0.05, 0.1) is 10.2 Å². The number of ether oxygens (including phenoxy) is 1. The third kappa shape index (κ3) is 2.84. The summed E-state index contributed by atoms with van der Waals surface area (Å²) in [5, 5.41) is 0. The molecule has 72 valence electrons. The number of halogens is 3. The molecule has 0 fully saturated rings. The Hall–Kier alpha value is -0.840. The average Bonchev–Trinajstić information content (AvgIpc) is 2.03. The monoisotopic (exact) mass is 251 g/mol. The van der Waals surface area contributed by atoms with E-state index in [0.29, 0.717) is 10.2 Å². The van der Waals surface area contributed by atoms with Gasteiger partial charge in [-0.25, -0.2) is 8.78 Å². The van der Waals surface area contributed by atoms with Gasteiger partial charge in [-0.1, -0.05) is 6.07 Å². The van der Waals surface area contributed by atoms with Crippen molar-refractivity contribution in [3.05, 3.63) is 22.7 Å². The predicted molar refractivity (Wildman–Crippen MR) is 50.1 cm³/mol. The van der Waals surface area contributed by atoms with Gasteiger partial charge in [-0.3, -0.25) is 0 Å². The van der Waals surface area contributed by atoms with Crippen molar-refractivity contribution < 1.29 is 13.5 Å². The van der Waals surface area contributed by atoms with E-state index in [1.807, 2.05) is 0 Å². The van der Waals surface area contributed by atoms with Gasteiger partial charge in [-0.15, -0.1) is 0 Å². The summed E-state index contributed by atoms with van der Waals surface area (Å²) < 4.78 is 29.0. The van der Waals surface area contributed by atoms with Gasteiger partial charge >= 0.3 is 0 Å². The molecule has 1 rings (SSSR count). The van der Waals surface area contributed by atoms with Crippen LogP contribution in [0.15, 0.2) is 22.7 Å². The lowest BCUT2D eigenvalue weighted by atomic mass is 10.3. The molecule has 13 heavy (non-hydrogen) atoms. The Kier molecular flexibility index (Phi) is 3.48. The van der Waals surface area contributed by atoms with Crippen LogP contribution in [0.25, 0.3) is 0 Å². The molecular formula is C8H8BrF2NO. The summed E-state index contributed by atoms with van der Waals surface area (Å²) in [4.78, 5) is 0. The molecular weight excluding hydrogens is 244 g/mol. The Morgan fingerprint density at radius 2 is 2.15 bits per heavy atom. The maximum Gasteiger partial charge on any atom is 0.272 e. The van der Waals surface area contributed by atoms with Crippen LogP contribution in [0, 0.1) is 0 Å². The molecule has 0 spiro atoms. The Morgan fingerprint density at radius 3 is 2.69 bits per heavy atom. The summed E-state index contributed by atoms with van der Waals surface area (Å²) >= 11 is 3.15. The van der Waals surface area contributed by atoms with E-state index in [-0.39, 0.29) is 5.75 Å². The van der Waals surface area contributed by atoms with Crippen molar-refractivity contribution >= 4 is 21.6 Å². The zero-order chi connectivity index (χ0) is 9.84. The maximum absolute atomic E-state index is 11.8. The first kappa shape index (κ1) is 10.2. The third-order valence-corrected chi connectivity index (χ3v) is 1.98. The third-order valence-electron chi connectivity index (χ3n) is 1.35. The highest BCUT2D eigenvalue weighted by atomic mass is 79.9. The number of hydrogen-bond donors (Lipinski definition) is 1. The molecule has 0 bridgehead atoms. The number of alkyl halides is 2. The molecule has 0 radical (unpaired) electrons. The minimum absolute atomic E-state index is 0.266. The standard InChI is InChI=1S/C8H8BrF2NO/c9-5-2-1-3-6(12)8(5)13-4-7(10)11/h1-3,7H,4,12H2. The van der Waals surface area contributed by atoms with Crippen molar-refractivity contribution in [2.45, 2.75) is 6.43 Å². The van der Waals surface area contributed by atoms with Gasteiger partial charge in [-0.2, -0.15) is 0 Å². The molecule has 0 aliphatic rings. The summed E-state index contributed by atoms with van der Waals surface area (Å²) in [5.74, 6) is 0.266. The largest absolute Gasteiger partial charge is 0.484 e. The predicted octanol–water partition coefficient (Wildman–Crippen LogP) is 2.68. The van der Waals surface area contributed by atoms with Crippen LogP contribution in [0.1, 0.15) is 0 Å². The first-order valence-electron chi connectivity index (χ1n) is 3.56. The quantitative estimate of drug-likeness (QED) is 0.839. The second-order valence-corrected chi connectivity index (χ2v) is 3.21. The smallest absolute Gasteiger partial charge is 0.272 e. The van der Waals surface area contributed by atoms with E-state index >= 15 is 0 Å². The lowest BCUT2D eigenvalue weighted by Gasteiger charge is -2.09. The molecule has 0 saturated carbocycles. The number of benzene rings is 1. The van der Waals surface area contributed by atoms with Crippen molar-refractivity contribution in [3.8, 4) is 5.75 Å². The van der Waals surface area contributed by atoms with Crippen molar-refractivity contribution in [3.63, 3.8) is 0 Å². The zero-order valence-electron chi connectivity index (χ0n) is 6.64. The number of hydrogen-bond acceptors (Lipinski definition) is 2. The van der Waals surface area contributed by atoms with Gasteiger partial charge in [0.2, 0.25) is 0 Å². The molecule has 0 aliphatic carbocycles. The number of para-hydroxylation sites is 1.